The number of hydrogen-bond donors (Lipinski definition) is 2. The topological polar surface area (TPSA) is 84.0 Å². The zero-order valence-electron chi connectivity index (χ0n) is 10.8. The Hall–Kier alpha value is -1.22. The monoisotopic (exact) mass is 332 g/mol. The molecule has 1 heterocycles. The zero-order valence-corrected chi connectivity index (χ0v) is 13.2. The van der Waals surface area contributed by atoms with Gasteiger partial charge in [-0.15, -0.1) is 10.2 Å². The van der Waals surface area contributed by atoms with Crippen LogP contribution in [0.15, 0.2) is 23.1 Å². The molecule has 0 amide bonds. The predicted octanol–water partition coefficient (Wildman–Crippen LogP) is 2.02. The summed E-state index contributed by atoms with van der Waals surface area (Å²) in [5, 5.41) is 11.8. The van der Waals surface area contributed by atoms with E-state index in [4.69, 9.17) is 11.6 Å². The lowest BCUT2D eigenvalue weighted by molar-refractivity contribution is 0.601. The van der Waals surface area contributed by atoms with Crippen molar-refractivity contribution < 1.29 is 8.42 Å². The number of aromatic nitrogens is 2. The first kappa shape index (κ1) is 15.2. The highest BCUT2D eigenvalue weighted by molar-refractivity contribution is 7.93. The number of nitrogens with one attached hydrogen (secondary N) is 2. The number of nitrogens with zero attached hydrogens (tertiary/aromatic N) is 2. The van der Waals surface area contributed by atoms with Gasteiger partial charge in [-0.25, -0.2) is 8.42 Å². The number of sulfonamides is 1. The van der Waals surface area contributed by atoms with Crippen LogP contribution in [0.5, 0.6) is 0 Å². The van der Waals surface area contributed by atoms with Crippen LogP contribution in [0.25, 0.3) is 0 Å². The van der Waals surface area contributed by atoms with Gasteiger partial charge >= 0.3 is 0 Å². The quantitative estimate of drug-likeness (QED) is 0.875. The van der Waals surface area contributed by atoms with E-state index in [1.165, 1.54) is 23.5 Å². The molecule has 0 saturated carbocycles. The molecule has 0 unspecified atom stereocenters. The van der Waals surface area contributed by atoms with Crippen molar-refractivity contribution in [3.05, 3.63) is 33.8 Å². The molecule has 20 heavy (non-hydrogen) atoms. The Morgan fingerprint density at radius 1 is 1.35 bits per heavy atom. The van der Waals surface area contributed by atoms with E-state index in [-0.39, 0.29) is 10.0 Å². The van der Waals surface area contributed by atoms with Gasteiger partial charge in [0.25, 0.3) is 10.0 Å². The lowest BCUT2D eigenvalue weighted by Gasteiger charge is -2.08. The van der Waals surface area contributed by atoms with Gasteiger partial charge in [-0.05, 0) is 31.7 Å². The molecule has 0 aliphatic rings. The van der Waals surface area contributed by atoms with Crippen molar-refractivity contribution >= 4 is 38.1 Å². The van der Waals surface area contributed by atoms with E-state index in [2.05, 4.69) is 20.2 Å². The lowest BCUT2D eigenvalue weighted by Crippen LogP contribution is -2.13. The van der Waals surface area contributed by atoms with Crippen molar-refractivity contribution in [1.29, 1.82) is 0 Å². The summed E-state index contributed by atoms with van der Waals surface area (Å²) in [5.74, 6) is 0. The highest BCUT2D eigenvalue weighted by Gasteiger charge is 2.17. The van der Waals surface area contributed by atoms with E-state index in [0.29, 0.717) is 16.6 Å². The number of hydrogen-bond acceptors (Lipinski definition) is 6. The van der Waals surface area contributed by atoms with Crippen LogP contribution in [-0.4, -0.2) is 25.7 Å². The molecule has 108 valence electrons. The summed E-state index contributed by atoms with van der Waals surface area (Å²) in [7, 11) is -1.91. The molecule has 9 heteroatoms. The van der Waals surface area contributed by atoms with Crippen LogP contribution >= 0.6 is 22.9 Å². The van der Waals surface area contributed by atoms with E-state index in [0.717, 1.165) is 5.56 Å². The first-order chi connectivity index (χ1) is 9.42. The lowest BCUT2D eigenvalue weighted by atomic mass is 10.2. The molecule has 1 aromatic heterocycles. The van der Waals surface area contributed by atoms with Crippen molar-refractivity contribution in [1.82, 2.24) is 15.5 Å². The van der Waals surface area contributed by atoms with E-state index < -0.39 is 10.0 Å². The maximum Gasteiger partial charge on any atom is 0.263 e. The minimum Gasteiger partial charge on any atom is -0.316 e. The Kier molecular flexibility index (Phi) is 4.59. The molecule has 0 bridgehead atoms. The first-order valence-corrected chi connectivity index (χ1v) is 8.36. The van der Waals surface area contributed by atoms with Gasteiger partial charge in [0.05, 0.1) is 4.90 Å². The van der Waals surface area contributed by atoms with E-state index in [1.807, 2.05) is 0 Å². The third-order valence-corrected chi connectivity index (χ3v) is 5.02. The molecule has 0 aliphatic carbocycles. The fourth-order valence-electron chi connectivity index (χ4n) is 1.54. The standard InChI is InChI=1S/C11H13ClN4O2S2/c1-7-14-15-11(19-7)16-20(17,18)9-4-3-8(6-13-2)10(12)5-9/h3-5,13H,6H2,1-2H3,(H,15,16). The number of aryl methyl sites for hydroxylation is 1. The minimum absolute atomic E-state index is 0.0928. The Bertz CT molecular complexity index is 715. The highest BCUT2D eigenvalue weighted by atomic mass is 35.5. The predicted molar refractivity (Wildman–Crippen MR) is 79.7 cm³/mol. The molecule has 2 aromatic rings. The Morgan fingerprint density at radius 3 is 2.65 bits per heavy atom. The van der Waals surface area contributed by atoms with Crippen molar-refractivity contribution in [2.75, 3.05) is 11.8 Å². The summed E-state index contributed by atoms with van der Waals surface area (Å²) < 4.78 is 26.7. The third-order valence-electron chi connectivity index (χ3n) is 2.45. The highest BCUT2D eigenvalue weighted by Crippen LogP contribution is 2.23. The second kappa shape index (κ2) is 6.04. The van der Waals surface area contributed by atoms with Crippen molar-refractivity contribution in [2.45, 2.75) is 18.4 Å². The van der Waals surface area contributed by atoms with Gasteiger partial charge in [0, 0.05) is 11.6 Å². The van der Waals surface area contributed by atoms with Gasteiger partial charge < -0.3 is 5.32 Å². The van der Waals surface area contributed by atoms with Gasteiger partial charge in [-0.3, -0.25) is 4.72 Å². The van der Waals surface area contributed by atoms with E-state index in [1.54, 1.807) is 20.0 Å². The third kappa shape index (κ3) is 3.45. The summed E-state index contributed by atoms with van der Waals surface area (Å²) in [5.41, 5.74) is 0.833. The van der Waals surface area contributed by atoms with Crippen LogP contribution in [-0.2, 0) is 16.6 Å². The summed E-state index contributed by atoms with van der Waals surface area (Å²) in [6, 6.07) is 4.61. The average Bonchev–Trinajstić information content (AvgIpc) is 2.76. The zero-order chi connectivity index (χ0) is 14.8. The molecule has 0 aliphatic heterocycles. The van der Waals surface area contributed by atoms with Crippen molar-refractivity contribution in [2.24, 2.45) is 0 Å². The number of benzene rings is 1. The molecule has 0 atom stereocenters. The Labute approximate surface area is 126 Å². The minimum atomic E-state index is -3.70. The molecule has 0 saturated heterocycles. The van der Waals surface area contributed by atoms with Crippen molar-refractivity contribution in [3.8, 4) is 0 Å². The summed E-state index contributed by atoms with van der Waals surface area (Å²) in [6.45, 7) is 2.32. The average molecular weight is 333 g/mol. The van der Waals surface area contributed by atoms with Gasteiger partial charge in [-0.1, -0.05) is 29.0 Å². The van der Waals surface area contributed by atoms with Gasteiger partial charge in [-0.2, -0.15) is 0 Å². The molecule has 0 spiro atoms. The molecule has 1 aromatic carbocycles. The summed E-state index contributed by atoms with van der Waals surface area (Å²) in [4.78, 5) is 0.0928. The van der Waals surface area contributed by atoms with E-state index in [9.17, 15) is 8.42 Å². The summed E-state index contributed by atoms with van der Waals surface area (Å²) >= 11 is 7.23. The second-order valence-electron chi connectivity index (χ2n) is 4.02. The SMILES string of the molecule is CNCc1ccc(S(=O)(=O)Nc2nnc(C)s2)cc1Cl. The van der Waals surface area contributed by atoms with Gasteiger partial charge in [0.15, 0.2) is 0 Å². The smallest absolute Gasteiger partial charge is 0.263 e. The largest absolute Gasteiger partial charge is 0.316 e. The van der Waals surface area contributed by atoms with Crippen LogP contribution in [0.4, 0.5) is 5.13 Å². The molecule has 0 fully saturated rings. The Balaban J connectivity index is 2.27. The van der Waals surface area contributed by atoms with Crippen LogP contribution < -0.4 is 10.0 Å². The van der Waals surface area contributed by atoms with Crippen LogP contribution in [0.3, 0.4) is 0 Å². The Morgan fingerprint density at radius 2 is 2.10 bits per heavy atom. The fraction of sp³-hybridized carbons (Fsp3) is 0.273. The van der Waals surface area contributed by atoms with Gasteiger partial charge in [0.1, 0.15) is 5.01 Å². The number of anilines is 1. The normalized spacial score (nSPS) is 11.6. The first-order valence-electron chi connectivity index (χ1n) is 5.68. The van der Waals surface area contributed by atoms with Crippen molar-refractivity contribution in [3.63, 3.8) is 0 Å². The van der Waals surface area contributed by atoms with Crippen LogP contribution in [0.2, 0.25) is 5.02 Å². The molecule has 2 N–H and O–H groups in total. The van der Waals surface area contributed by atoms with Gasteiger partial charge in [0.2, 0.25) is 5.13 Å². The summed E-state index contributed by atoms with van der Waals surface area (Å²) in [6.07, 6.45) is 0. The molecule has 6 nitrogen and oxygen atoms in total. The van der Waals surface area contributed by atoms with Crippen LogP contribution in [0.1, 0.15) is 10.6 Å². The maximum atomic E-state index is 12.2. The molecular weight excluding hydrogens is 320 g/mol. The van der Waals surface area contributed by atoms with Crippen LogP contribution in [0, 0.1) is 6.92 Å². The molecule has 2 rings (SSSR count). The van der Waals surface area contributed by atoms with E-state index >= 15 is 0 Å². The number of halogens is 1. The second-order valence-corrected chi connectivity index (χ2v) is 7.29. The molecular formula is C11H13ClN4O2S2. The molecule has 0 radical (unpaired) electrons. The fourth-order valence-corrected chi connectivity index (χ4v) is 3.70. The number of rotatable bonds is 5. The maximum absolute atomic E-state index is 12.2.